The van der Waals surface area contributed by atoms with E-state index in [0.29, 0.717) is 6.42 Å². The molecule has 0 aromatic rings. The number of rotatable bonds is 7. The maximum absolute atomic E-state index is 11.8. The Bertz CT molecular complexity index is 267. The van der Waals surface area contributed by atoms with Crippen molar-refractivity contribution >= 4 is 11.9 Å². The van der Waals surface area contributed by atoms with Crippen LogP contribution in [-0.4, -0.2) is 37.2 Å². The van der Waals surface area contributed by atoms with E-state index in [9.17, 15) is 9.59 Å². The number of ether oxygens (including phenoxy) is 2. The third-order valence-electron chi connectivity index (χ3n) is 2.69. The molecule has 100 valence electrons. The fourth-order valence-corrected chi connectivity index (χ4v) is 1.75. The molecule has 0 aromatic heterocycles. The van der Waals surface area contributed by atoms with Crippen molar-refractivity contribution in [3.8, 4) is 0 Å². The van der Waals surface area contributed by atoms with E-state index in [1.54, 1.807) is 13.8 Å². The molecule has 0 spiro atoms. The second kappa shape index (κ2) is 7.27. The molecule has 0 aliphatic heterocycles. The fourth-order valence-electron chi connectivity index (χ4n) is 1.75. The van der Waals surface area contributed by atoms with Crippen molar-refractivity contribution in [2.75, 3.05) is 13.7 Å². The second-order valence-electron chi connectivity index (χ2n) is 4.15. The number of esters is 1. The van der Waals surface area contributed by atoms with E-state index >= 15 is 0 Å². The highest BCUT2D eigenvalue weighted by Crippen LogP contribution is 2.22. The number of carbonyl (C=O) groups excluding carboxylic acids is 2. The number of hydrogen-bond acceptors (Lipinski definition) is 4. The summed E-state index contributed by atoms with van der Waals surface area (Å²) in [5.41, 5.74) is -0.743. The van der Waals surface area contributed by atoms with E-state index in [0.717, 1.165) is 6.42 Å². The number of hydrogen-bond donors (Lipinski definition) is 1. The van der Waals surface area contributed by atoms with Gasteiger partial charge in [-0.3, -0.25) is 4.79 Å². The van der Waals surface area contributed by atoms with Crippen LogP contribution in [0, 0.1) is 0 Å². The van der Waals surface area contributed by atoms with Crippen LogP contribution >= 0.6 is 0 Å². The summed E-state index contributed by atoms with van der Waals surface area (Å²) in [5, 5.41) is 2.60. The summed E-state index contributed by atoms with van der Waals surface area (Å²) in [6.45, 7) is 7.17. The monoisotopic (exact) mass is 245 g/mol. The van der Waals surface area contributed by atoms with Gasteiger partial charge in [0.2, 0.25) is 5.91 Å². The van der Waals surface area contributed by atoms with E-state index in [1.165, 1.54) is 14.0 Å². The Hall–Kier alpha value is -1.10. The Kier molecular flexibility index (Phi) is 6.80. The van der Waals surface area contributed by atoms with E-state index in [-0.39, 0.29) is 12.5 Å². The highest BCUT2D eigenvalue weighted by molar-refractivity contribution is 5.84. The molecule has 0 aromatic carbocycles. The molecule has 0 radical (unpaired) electrons. The first-order valence-corrected chi connectivity index (χ1v) is 5.90. The van der Waals surface area contributed by atoms with Crippen LogP contribution in [-0.2, 0) is 19.1 Å². The second-order valence-corrected chi connectivity index (χ2v) is 4.15. The Morgan fingerprint density at radius 1 is 1.35 bits per heavy atom. The van der Waals surface area contributed by atoms with Crippen LogP contribution < -0.4 is 5.32 Å². The molecule has 1 N–H and O–H groups in total. The summed E-state index contributed by atoms with van der Waals surface area (Å²) in [7, 11) is 1.53. The Balaban J connectivity index is 4.98. The summed E-state index contributed by atoms with van der Waals surface area (Å²) >= 11 is 0. The minimum absolute atomic E-state index is 0.276. The van der Waals surface area contributed by atoms with Crippen molar-refractivity contribution in [1.29, 1.82) is 0 Å². The average molecular weight is 245 g/mol. The van der Waals surface area contributed by atoms with Crippen LogP contribution in [0.4, 0.5) is 0 Å². The van der Waals surface area contributed by atoms with Gasteiger partial charge in [-0.2, -0.15) is 0 Å². The Labute approximate surface area is 103 Å². The highest BCUT2D eigenvalue weighted by atomic mass is 16.5. The molecule has 5 heteroatoms. The van der Waals surface area contributed by atoms with Crippen molar-refractivity contribution in [2.45, 2.75) is 52.2 Å². The third-order valence-corrected chi connectivity index (χ3v) is 2.69. The summed E-state index contributed by atoms with van der Waals surface area (Å²) in [4.78, 5) is 23.0. The van der Waals surface area contributed by atoms with Gasteiger partial charge in [-0.15, -0.1) is 0 Å². The van der Waals surface area contributed by atoms with E-state index in [1.807, 2.05) is 6.92 Å². The smallest absolute Gasteiger partial charge is 0.331 e. The van der Waals surface area contributed by atoms with Gasteiger partial charge in [-0.05, 0) is 20.3 Å². The molecule has 0 saturated heterocycles. The van der Waals surface area contributed by atoms with Gasteiger partial charge in [0.1, 0.15) is 0 Å². The van der Waals surface area contributed by atoms with Crippen molar-refractivity contribution < 1.29 is 19.1 Å². The Morgan fingerprint density at radius 2 is 1.94 bits per heavy atom. The van der Waals surface area contributed by atoms with Crippen molar-refractivity contribution in [2.24, 2.45) is 0 Å². The van der Waals surface area contributed by atoms with Crippen molar-refractivity contribution in [3.05, 3.63) is 0 Å². The van der Waals surface area contributed by atoms with Crippen LogP contribution in [0.15, 0.2) is 0 Å². The zero-order valence-electron chi connectivity index (χ0n) is 11.3. The van der Waals surface area contributed by atoms with Gasteiger partial charge in [-0.1, -0.05) is 13.3 Å². The summed E-state index contributed by atoms with van der Waals surface area (Å²) in [5.74, 6) is -0.733. The molecule has 0 rings (SSSR count). The molecule has 0 aliphatic rings. The first kappa shape index (κ1) is 15.9. The van der Waals surface area contributed by atoms with Gasteiger partial charge in [0, 0.05) is 14.0 Å². The van der Waals surface area contributed by atoms with Gasteiger partial charge in [0.15, 0.2) is 6.04 Å². The quantitative estimate of drug-likeness (QED) is 0.686. The zero-order chi connectivity index (χ0) is 13.5. The maximum Gasteiger partial charge on any atom is 0.331 e. The first-order chi connectivity index (χ1) is 7.91. The molecular formula is C12H23NO4. The molecule has 2 atom stereocenters. The van der Waals surface area contributed by atoms with Crippen LogP contribution in [0.5, 0.6) is 0 Å². The average Bonchev–Trinajstić information content (AvgIpc) is 2.26. The Morgan fingerprint density at radius 3 is 2.29 bits per heavy atom. The van der Waals surface area contributed by atoms with Crippen LogP contribution in [0.25, 0.3) is 0 Å². The van der Waals surface area contributed by atoms with Crippen LogP contribution in [0.3, 0.4) is 0 Å². The predicted molar refractivity (Wildman–Crippen MR) is 64.6 cm³/mol. The topological polar surface area (TPSA) is 64.6 Å². The fraction of sp³-hybridized carbons (Fsp3) is 0.833. The van der Waals surface area contributed by atoms with Crippen molar-refractivity contribution in [3.63, 3.8) is 0 Å². The largest absolute Gasteiger partial charge is 0.464 e. The van der Waals surface area contributed by atoms with E-state index < -0.39 is 17.6 Å². The minimum Gasteiger partial charge on any atom is -0.464 e. The summed E-state index contributed by atoms with van der Waals surface area (Å²) < 4.78 is 10.4. The molecule has 0 bridgehead atoms. The van der Waals surface area contributed by atoms with E-state index in [2.05, 4.69) is 5.32 Å². The van der Waals surface area contributed by atoms with Gasteiger partial charge in [0.05, 0.1) is 12.2 Å². The first-order valence-electron chi connectivity index (χ1n) is 5.90. The van der Waals surface area contributed by atoms with Crippen LogP contribution in [0.1, 0.15) is 40.5 Å². The lowest BCUT2D eigenvalue weighted by atomic mass is 9.91. The zero-order valence-corrected chi connectivity index (χ0v) is 11.3. The number of nitrogens with one attached hydrogen (secondary N) is 1. The van der Waals surface area contributed by atoms with Gasteiger partial charge >= 0.3 is 5.97 Å². The molecule has 2 unspecified atom stereocenters. The third kappa shape index (κ3) is 4.73. The SMILES string of the molecule is CCCC(C)(OC)C(NC(C)=O)C(=O)OCC. The molecule has 0 heterocycles. The van der Waals surface area contributed by atoms with Crippen molar-refractivity contribution in [1.82, 2.24) is 5.32 Å². The molecule has 17 heavy (non-hydrogen) atoms. The predicted octanol–water partition coefficient (Wildman–Crippen LogP) is 1.26. The normalized spacial score (nSPS) is 15.8. The number of carbonyl (C=O) groups is 2. The van der Waals surface area contributed by atoms with E-state index in [4.69, 9.17) is 9.47 Å². The minimum atomic E-state index is -0.773. The van der Waals surface area contributed by atoms with Gasteiger partial charge in [-0.25, -0.2) is 4.79 Å². The molecule has 0 aliphatic carbocycles. The maximum atomic E-state index is 11.8. The lowest BCUT2D eigenvalue weighted by Crippen LogP contribution is -2.56. The highest BCUT2D eigenvalue weighted by Gasteiger charge is 2.40. The number of methoxy groups -OCH3 is 1. The summed E-state index contributed by atoms with van der Waals surface area (Å²) in [6, 6.07) is -0.773. The molecular weight excluding hydrogens is 222 g/mol. The number of amides is 1. The lowest BCUT2D eigenvalue weighted by molar-refractivity contribution is -0.157. The molecule has 0 fully saturated rings. The lowest BCUT2D eigenvalue weighted by Gasteiger charge is -2.34. The van der Waals surface area contributed by atoms with Gasteiger partial charge < -0.3 is 14.8 Å². The molecule has 0 saturated carbocycles. The standard InChI is InChI=1S/C12H23NO4/c1-6-8-12(4,16-5)10(13-9(3)14)11(15)17-7-2/h10H,6-8H2,1-5H3,(H,13,14). The van der Waals surface area contributed by atoms with Gasteiger partial charge in [0.25, 0.3) is 0 Å². The molecule has 5 nitrogen and oxygen atoms in total. The molecule has 1 amide bonds. The summed E-state index contributed by atoms with van der Waals surface area (Å²) in [6.07, 6.45) is 1.51. The van der Waals surface area contributed by atoms with Crippen LogP contribution in [0.2, 0.25) is 0 Å².